The van der Waals surface area contributed by atoms with Gasteiger partial charge < -0.3 is 20.3 Å². The zero-order valence-corrected chi connectivity index (χ0v) is 12.2. The van der Waals surface area contributed by atoms with Crippen LogP contribution < -0.4 is 5.73 Å². The molecule has 0 spiro atoms. The smallest absolute Gasteiger partial charge is 0.131 e. The molecule has 0 aliphatic carbocycles. The largest absolute Gasteiger partial charge is 0.399 e. The van der Waals surface area contributed by atoms with Crippen LogP contribution in [-0.4, -0.2) is 49.7 Å². The quantitative estimate of drug-likeness (QED) is 0.845. The second-order valence-electron chi connectivity index (χ2n) is 5.47. The summed E-state index contributed by atoms with van der Waals surface area (Å²) in [4.78, 5) is 4.37. The number of morpholine rings is 1. The molecule has 0 radical (unpaired) electrons. The number of rotatable bonds is 2. The fourth-order valence-electron chi connectivity index (χ4n) is 2.75. The summed E-state index contributed by atoms with van der Waals surface area (Å²) < 4.78 is 19.5. The fourth-order valence-corrected chi connectivity index (χ4v) is 2.75. The van der Waals surface area contributed by atoms with Crippen LogP contribution in [0, 0.1) is 5.82 Å². The van der Waals surface area contributed by atoms with Crippen LogP contribution in [0.5, 0.6) is 0 Å². The predicted molar refractivity (Wildman–Crippen MR) is 81.9 cm³/mol. The van der Waals surface area contributed by atoms with Crippen LogP contribution in [0.1, 0.15) is 5.56 Å². The Bertz CT molecular complexity index is 591. The van der Waals surface area contributed by atoms with E-state index in [1.54, 1.807) is 12.1 Å². The molecule has 3 rings (SSSR count). The van der Waals surface area contributed by atoms with E-state index in [1.807, 2.05) is 13.2 Å². The van der Waals surface area contributed by atoms with Crippen molar-refractivity contribution in [1.82, 2.24) is 9.80 Å². The van der Waals surface area contributed by atoms with Gasteiger partial charge in [-0.05, 0) is 24.3 Å². The number of nitrogens with zero attached hydrogens (tertiary/aromatic N) is 2. The molecule has 5 heteroatoms. The Balaban J connectivity index is 1.93. The maximum Gasteiger partial charge on any atom is 0.131 e. The lowest BCUT2D eigenvalue weighted by Gasteiger charge is -2.35. The molecule has 0 saturated carbocycles. The molecule has 1 saturated heterocycles. The van der Waals surface area contributed by atoms with Crippen molar-refractivity contribution in [3.63, 3.8) is 0 Å². The third-order valence-electron chi connectivity index (χ3n) is 3.81. The fraction of sp³-hybridized carbons (Fsp3) is 0.375. The zero-order valence-electron chi connectivity index (χ0n) is 12.2. The SMILES string of the molecule is CN1C=C(c2cc(N)ccc2F)C=C(N2CCOCC2)C1. The predicted octanol–water partition coefficient (Wildman–Crippen LogP) is 1.91. The number of likely N-dealkylation sites (N-methyl/N-ethyl adjacent to an activating group) is 1. The average molecular weight is 289 g/mol. The Hall–Kier alpha value is -2.01. The highest BCUT2D eigenvalue weighted by atomic mass is 19.1. The van der Waals surface area contributed by atoms with Gasteiger partial charge in [0.15, 0.2) is 0 Å². The minimum atomic E-state index is -0.247. The molecule has 2 heterocycles. The van der Waals surface area contributed by atoms with Gasteiger partial charge in [-0.3, -0.25) is 0 Å². The van der Waals surface area contributed by atoms with E-state index in [0.717, 1.165) is 38.4 Å². The first-order valence-electron chi connectivity index (χ1n) is 7.14. The number of ether oxygens (including phenoxy) is 1. The van der Waals surface area contributed by atoms with Gasteiger partial charge in [-0.15, -0.1) is 0 Å². The van der Waals surface area contributed by atoms with E-state index in [9.17, 15) is 4.39 Å². The Morgan fingerprint density at radius 2 is 2.00 bits per heavy atom. The van der Waals surface area contributed by atoms with Gasteiger partial charge in [0.1, 0.15) is 5.82 Å². The van der Waals surface area contributed by atoms with Crippen LogP contribution in [0.25, 0.3) is 5.57 Å². The molecule has 0 bridgehead atoms. The Kier molecular flexibility index (Phi) is 3.84. The average Bonchev–Trinajstić information content (AvgIpc) is 2.50. The van der Waals surface area contributed by atoms with Gasteiger partial charge in [0.25, 0.3) is 0 Å². The first-order valence-corrected chi connectivity index (χ1v) is 7.14. The summed E-state index contributed by atoms with van der Waals surface area (Å²) in [5.74, 6) is -0.247. The Morgan fingerprint density at radius 3 is 2.76 bits per heavy atom. The summed E-state index contributed by atoms with van der Waals surface area (Å²) in [7, 11) is 2.00. The summed E-state index contributed by atoms with van der Waals surface area (Å²) in [6.45, 7) is 4.08. The van der Waals surface area contributed by atoms with Crippen LogP contribution >= 0.6 is 0 Å². The number of hydrogen-bond donors (Lipinski definition) is 1. The number of allylic oxidation sites excluding steroid dienone is 2. The minimum absolute atomic E-state index is 0.247. The molecule has 2 aliphatic rings. The van der Waals surface area contributed by atoms with Crippen LogP contribution in [-0.2, 0) is 4.74 Å². The summed E-state index contributed by atoms with van der Waals surface area (Å²) in [5, 5.41) is 0. The molecule has 0 aromatic heterocycles. The summed E-state index contributed by atoms with van der Waals surface area (Å²) in [5.41, 5.74) is 8.96. The second kappa shape index (κ2) is 5.77. The van der Waals surface area contributed by atoms with Crippen molar-refractivity contribution in [3.8, 4) is 0 Å². The molecule has 1 aromatic carbocycles. The summed E-state index contributed by atoms with van der Waals surface area (Å²) >= 11 is 0. The van der Waals surface area contributed by atoms with Gasteiger partial charge in [-0.25, -0.2) is 4.39 Å². The van der Waals surface area contributed by atoms with E-state index in [0.29, 0.717) is 11.3 Å². The molecule has 2 aliphatic heterocycles. The van der Waals surface area contributed by atoms with Crippen molar-refractivity contribution in [1.29, 1.82) is 0 Å². The van der Waals surface area contributed by atoms with Crippen LogP contribution in [0.2, 0.25) is 0 Å². The van der Waals surface area contributed by atoms with Gasteiger partial charge in [0.05, 0.1) is 19.8 Å². The lowest BCUT2D eigenvalue weighted by atomic mass is 10.0. The summed E-state index contributed by atoms with van der Waals surface area (Å²) in [6, 6.07) is 4.69. The van der Waals surface area contributed by atoms with Crippen molar-refractivity contribution in [3.05, 3.63) is 47.6 Å². The molecule has 0 unspecified atom stereocenters. The van der Waals surface area contributed by atoms with Crippen LogP contribution in [0.15, 0.2) is 36.2 Å². The van der Waals surface area contributed by atoms with Gasteiger partial charge in [-0.2, -0.15) is 0 Å². The molecular formula is C16H20FN3O. The van der Waals surface area contributed by atoms with Gasteiger partial charge >= 0.3 is 0 Å². The molecule has 2 N–H and O–H groups in total. The molecule has 1 aromatic rings. The monoisotopic (exact) mass is 289 g/mol. The van der Waals surface area contributed by atoms with Crippen molar-refractivity contribution in [2.24, 2.45) is 0 Å². The highest BCUT2D eigenvalue weighted by Crippen LogP contribution is 2.27. The van der Waals surface area contributed by atoms with Crippen LogP contribution in [0.4, 0.5) is 10.1 Å². The van der Waals surface area contributed by atoms with E-state index in [1.165, 1.54) is 11.8 Å². The number of hydrogen-bond acceptors (Lipinski definition) is 4. The number of anilines is 1. The third-order valence-corrected chi connectivity index (χ3v) is 3.81. The lowest BCUT2D eigenvalue weighted by molar-refractivity contribution is 0.0510. The lowest BCUT2D eigenvalue weighted by Crippen LogP contribution is -2.39. The number of nitrogens with two attached hydrogens (primary N) is 1. The second-order valence-corrected chi connectivity index (χ2v) is 5.47. The van der Waals surface area contributed by atoms with Crippen LogP contribution in [0.3, 0.4) is 0 Å². The first-order chi connectivity index (χ1) is 10.1. The number of halogens is 1. The Labute approximate surface area is 124 Å². The molecular weight excluding hydrogens is 269 g/mol. The highest BCUT2D eigenvalue weighted by Gasteiger charge is 2.19. The molecule has 0 amide bonds. The van der Waals surface area contributed by atoms with Crippen molar-refractivity contribution < 1.29 is 9.13 Å². The Morgan fingerprint density at radius 1 is 1.24 bits per heavy atom. The molecule has 1 fully saturated rings. The minimum Gasteiger partial charge on any atom is -0.399 e. The van der Waals surface area contributed by atoms with E-state index >= 15 is 0 Å². The van der Waals surface area contributed by atoms with Crippen molar-refractivity contribution in [2.45, 2.75) is 0 Å². The highest BCUT2D eigenvalue weighted by molar-refractivity contribution is 5.77. The standard InChI is InChI=1S/C16H20FN3O/c1-19-10-12(15-9-13(18)2-3-16(15)17)8-14(11-19)20-4-6-21-7-5-20/h2-3,8-10H,4-7,11,18H2,1H3. The normalized spacial score (nSPS) is 19.3. The van der Waals surface area contributed by atoms with Crippen molar-refractivity contribution >= 4 is 11.3 Å². The molecule has 4 nitrogen and oxygen atoms in total. The first kappa shape index (κ1) is 13.9. The molecule has 0 atom stereocenters. The molecule has 112 valence electrons. The topological polar surface area (TPSA) is 41.7 Å². The van der Waals surface area contributed by atoms with Gasteiger partial charge in [0, 0.05) is 48.9 Å². The maximum absolute atomic E-state index is 14.1. The van der Waals surface area contributed by atoms with E-state index in [-0.39, 0.29) is 5.82 Å². The molecule has 21 heavy (non-hydrogen) atoms. The van der Waals surface area contributed by atoms with Gasteiger partial charge in [-0.1, -0.05) is 0 Å². The van der Waals surface area contributed by atoms with Gasteiger partial charge in [0.2, 0.25) is 0 Å². The van der Waals surface area contributed by atoms with E-state index in [2.05, 4.69) is 15.9 Å². The van der Waals surface area contributed by atoms with E-state index in [4.69, 9.17) is 10.5 Å². The van der Waals surface area contributed by atoms with E-state index < -0.39 is 0 Å². The third kappa shape index (κ3) is 3.03. The number of nitrogen functional groups attached to an aromatic ring is 1. The van der Waals surface area contributed by atoms with Crippen molar-refractivity contribution in [2.75, 3.05) is 45.6 Å². The maximum atomic E-state index is 14.1. The summed E-state index contributed by atoms with van der Waals surface area (Å²) in [6.07, 6.45) is 4.02. The number of benzene rings is 1. The zero-order chi connectivity index (χ0) is 14.8.